The number of hydrogen-bond acceptors (Lipinski definition) is 1. The van der Waals surface area contributed by atoms with Crippen LogP contribution in [0.1, 0.15) is 25.0 Å². The van der Waals surface area contributed by atoms with E-state index in [2.05, 4.69) is 220 Å². The van der Waals surface area contributed by atoms with Crippen LogP contribution in [0.3, 0.4) is 0 Å². The molecule has 0 bridgehead atoms. The summed E-state index contributed by atoms with van der Waals surface area (Å²) in [6.07, 6.45) is 0. The standard InChI is InChI=1S/C61H40O/c1-61(2)55-30-26-43(34-52(55)51-29-25-39-12-5-6-14-46(39)60(51)61)44-27-31-56-53(35-44)54-36-45(28-32-57(54)62-56)59-49-17-9-7-15-47(49)58(48-16-8-10-18-50(48)59)40-22-19-38(20-23-40)42-24-21-37-11-3-4-13-41(37)33-42/h3-36H,1-2H3. The summed E-state index contributed by atoms with van der Waals surface area (Å²) in [6.45, 7) is 4.74. The first-order chi connectivity index (χ1) is 30.5. The van der Waals surface area contributed by atoms with Crippen molar-refractivity contribution in [3.8, 4) is 55.6 Å². The Hall–Kier alpha value is -7.74. The number of rotatable bonds is 4. The highest BCUT2D eigenvalue weighted by Crippen LogP contribution is 2.52. The zero-order valence-corrected chi connectivity index (χ0v) is 34.5. The Balaban J connectivity index is 0.933. The molecule has 0 N–H and O–H groups in total. The summed E-state index contributed by atoms with van der Waals surface area (Å²) in [7, 11) is 0. The van der Waals surface area contributed by atoms with Crippen molar-refractivity contribution in [1.82, 2.24) is 0 Å². The molecule has 0 aliphatic heterocycles. The molecular weight excluding hydrogens is 749 g/mol. The summed E-state index contributed by atoms with van der Waals surface area (Å²) in [5.74, 6) is 0. The quantitative estimate of drug-likeness (QED) is 0.162. The van der Waals surface area contributed by atoms with Crippen LogP contribution in [0.15, 0.2) is 211 Å². The molecule has 1 nitrogen and oxygen atoms in total. The van der Waals surface area contributed by atoms with E-state index < -0.39 is 0 Å². The molecule has 1 heteroatoms. The molecule has 0 spiro atoms. The molecule has 0 fully saturated rings. The van der Waals surface area contributed by atoms with Gasteiger partial charge in [0, 0.05) is 16.2 Å². The van der Waals surface area contributed by atoms with Crippen molar-refractivity contribution in [2.45, 2.75) is 19.3 Å². The first-order valence-corrected chi connectivity index (χ1v) is 21.7. The van der Waals surface area contributed by atoms with Gasteiger partial charge >= 0.3 is 0 Å². The van der Waals surface area contributed by atoms with Crippen molar-refractivity contribution >= 4 is 65.0 Å². The maximum absolute atomic E-state index is 6.54. The molecule has 1 aliphatic rings. The van der Waals surface area contributed by atoms with Gasteiger partial charge in [0.25, 0.3) is 0 Å². The van der Waals surface area contributed by atoms with Crippen LogP contribution in [-0.4, -0.2) is 0 Å². The lowest BCUT2D eigenvalue weighted by molar-refractivity contribution is 0.666. The summed E-state index contributed by atoms with van der Waals surface area (Å²) in [5.41, 5.74) is 16.9. The second-order valence-electron chi connectivity index (χ2n) is 17.6. The van der Waals surface area contributed by atoms with E-state index in [1.807, 2.05) is 0 Å². The predicted molar refractivity (Wildman–Crippen MR) is 263 cm³/mol. The average Bonchev–Trinajstić information content (AvgIpc) is 3.80. The minimum Gasteiger partial charge on any atom is -0.456 e. The molecule has 0 atom stereocenters. The highest BCUT2D eigenvalue weighted by Gasteiger charge is 2.37. The van der Waals surface area contributed by atoms with E-state index in [4.69, 9.17) is 4.42 Å². The molecule has 11 aromatic carbocycles. The summed E-state index contributed by atoms with van der Waals surface area (Å²) < 4.78 is 6.54. The van der Waals surface area contributed by atoms with Gasteiger partial charge in [-0.1, -0.05) is 184 Å². The van der Waals surface area contributed by atoms with Crippen molar-refractivity contribution in [2.24, 2.45) is 0 Å². The molecule has 0 saturated carbocycles. The van der Waals surface area contributed by atoms with Gasteiger partial charge in [0.2, 0.25) is 0 Å². The largest absolute Gasteiger partial charge is 0.456 e. The van der Waals surface area contributed by atoms with Crippen LogP contribution in [0.5, 0.6) is 0 Å². The molecule has 1 aromatic heterocycles. The fourth-order valence-corrected chi connectivity index (χ4v) is 10.9. The van der Waals surface area contributed by atoms with Gasteiger partial charge in [0.05, 0.1) is 0 Å². The van der Waals surface area contributed by atoms with Crippen molar-refractivity contribution < 1.29 is 4.42 Å². The lowest BCUT2D eigenvalue weighted by Gasteiger charge is -2.23. The number of hydrogen-bond donors (Lipinski definition) is 0. The zero-order valence-electron chi connectivity index (χ0n) is 34.5. The van der Waals surface area contributed by atoms with Gasteiger partial charge in [-0.3, -0.25) is 0 Å². The van der Waals surface area contributed by atoms with Crippen LogP contribution >= 0.6 is 0 Å². The third kappa shape index (κ3) is 5.15. The summed E-state index contributed by atoms with van der Waals surface area (Å²) >= 11 is 0. The molecule has 0 saturated heterocycles. The molecule has 1 heterocycles. The van der Waals surface area contributed by atoms with E-state index in [-0.39, 0.29) is 5.41 Å². The van der Waals surface area contributed by atoms with Crippen molar-refractivity contribution in [2.75, 3.05) is 0 Å². The minimum atomic E-state index is -0.0826. The van der Waals surface area contributed by atoms with Crippen LogP contribution in [0.2, 0.25) is 0 Å². The first kappa shape index (κ1) is 35.1. The highest BCUT2D eigenvalue weighted by molar-refractivity contribution is 6.22. The Morgan fingerprint density at radius 2 is 0.774 bits per heavy atom. The van der Waals surface area contributed by atoms with Crippen LogP contribution < -0.4 is 0 Å². The molecule has 0 radical (unpaired) electrons. The Morgan fingerprint density at radius 3 is 1.47 bits per heavy atom. The molecule has 0 amide bonds. The Kier molecular flexibility index (Phi) is 7.42. The van der Waals surface area contributed by atoms with E-state index >= 15 is 0 Å². The number of benzene rings is 11. The van der Waals surface area contributed by atoms with E-state index in [0.29, 0.717) is 0 Å². The van der Waals surface area contributed by atoms with Crippen LogP contribution in [0.25, 0.3) is 121 Å². The van der Waals surface area contributed by atoms with Gasteiger partial charge in [-0.15, -0.1) is 0 Å². The molecule has 62 heavy (non-hydrogen) atoms. The van der Waals surface area contributed by atoms with Crippen LogP contribution in [0, 0.1) is 0 Å². The fourth-order valence-electron chi connectivity index (χ4n) is 10.9. The summed E-state index contributed by atoms with van der Waals surface area (Å²) in [4.78, 5) is 0. The fraction of sp³-hybridized carbons (Fsp3) is 0.0492. The SMILES string of the molecule is CC1(C)c2ccc(-c3ccc4oc5ccc(-c6c7ccccc7c(-c7ccc(-c8ccc9ccccc9c8)cc7)c7ccccc67)cc5c4c3)cc2-c2ccc3ccccc3c21. The molecule has 13 rings (SSSR count). The van der Waals surface area contributed by atoms with E-state index in [0.717, 1.165) is 21.9 Å². The molecule has 12 aromatic rings. The smallest absolute Gasteiger partial charge is 0.135 e. The van der Waals surface area contributed by atoms with Gasteiger partial charge in [-0.05, 0) is 146 Å². The third-order valence-corrected chi connectivity index (χ3v) is 13.8. The van der Waals surface area contributed by atoms with E-state index in [1.165, 1.54) is 110 Å². The van der Waals surface area contributed by atoms with Gasteiger partial charge in [-0.25, -0.2) is 0 Å². The van der Waals surface area contributed by atoms with Gasteiger partial charge in [0.15, 0.2) is 0 Å². The second kappa shape index (κ2) is 13.1. The second-order valence-corrected chi connectivity index (χ2v) is 17.6. The van der Waals surface area contributed by atoms with Crippen molar-refractivity contribution in [1.29, 1.82) is 0 Å². The molecule has 1 aliphatic carbocycles. The average molecular weight is 789 g/mol. The highest BCUT2D eigenvalue weighted by atomic mass is 16.3. The van der Waals surface area contributed by atoms with Gasteiger partial charge in [-0.2, -0.15) is 0 Å². The minimum absolute atomic E-state index is 0.0826. The molecule has 0 unspecified atom stereocenters. The van der Waals surface area contributed by atoms with E-state index in [9.17, 15) is 0 Å². The lowest BCUT2D eigenvalue weighted by atomic mass is 9.80. The Morgan fingerprint density at radius 1 is 0.306 bits per heavy atom. The van der Waals surface area contributed by atoms with Crippen molar-refractivity contribution in [3.63, 3.8) is 0 Å². The predicted octanol–water partition coefficient (Wildman–Crippen LogP) is 17.2. The Bertz CT molecular complexity index is 3770. The lowest BCUT2D eigenvalue weighted by Crippen LogP contribution is -2.15. The third-order valence-electron chi connectivity index (χ3n) is 13.8. The first-order valence-electron chi connectivity index (χ1n) is 21.7. The normalized spacial score (nSPS) is 13.1. The number of furan rings is 1. The zero-order chi connectivity index (χ0) is 41.1. The van der Waals surface area contributed by atoms with Gasteiger partial charge < -0.3 is 4.42 Å². The maximum atomic E-state index is 6.54. The van der Waals surface area contributed by atoms with Crippen LogP contribution in [0.4, 0.5) is 0 Å². The maximum Gasteiger partial charge on any atom is 0.135 e. The monoisotopic (exact) mass is 788 g/mol. The van der Waals surface area contributed by atoms with Gasteiger partial charge in [0.1, 0.15) is 11.2 Å². The Labute approximate surface area is 360 Å². The summed E-state index contributed by atoms with van der Waals surface area (Å²) in [5, 5.41) is 12.4. The van der Waals surface area contributed by atoms with E-state index in [1.54, 1.807) is 0 Å². The molecule has 290 valence electrons. The van der Waals surface area contributed by atoms with Crippen LogP contribution in [-0.2, 0) is 5.41 Å². The topological polar surface area (TPSA) is 13.1 Å². The summed E-state index contributed by atoms with van der Waals surface area (Å²) in [6, 6.07) is 76.2. The number of fused-ring (bicyclic) bond motifs is 11. The van der Waals surface area contributed by atoms with Crippen molar-refractivity contribution in [3.05, 3.63) is 217 Å². The molecular formula is C61H40O.